The number of fused-ring (bicyclic) bond motifs is 1. The molecule has 0 radical (unpaired) electrons. The van der Waals surface area contributed by atoms with E-state index in [1.54, 1.807) is 49.9 Å². The molecule has 8 nitrogen and oxygen atoms in total. The number of carbonyl (C=O) groups is 2. The summed E-state index contributed by atoms with van der Waals surface area (Å²) in [6, 6.07) is 11.7. The fourth-order valence-electron chi connectivity index (χ4n) is 4.85. The quantitative estimate of drug-likeness (QED) is 0.464. The van der Waals surface area contributed by atoms with Gasteiger partial charge in [0.05, 0.1) is 35.3 Å². The molecule has 0 aromatic heterocycles. The summed E-state index contributed by atoms with van der Waals surface area (Å²) >= 11 is 6.39. The van der Waals surface area contributed by atoms with Crippen LogP contribution in [0.15, 0.2) is 36.4 Å². The van der Waals surface area contributed by atoms with E-state index in [0.29, 0.717) is 55.4 Å². The van der Waals surface area contributed by atoms with Gasteiger partial charge in [0.2, 0.25) is 0 Å². The van der Waals surface area contributed by atoms with Gasteiger partial charge in [-0.05, 0) is 70.7 Å². The van der Waals surface area contributed by atoms with E-state index in [1.165, 1.54) is 17.0 Å². The van der Waals surface area contributed by atoms with Crippen LogP contribution in [-0.4, -0.2) is 54.8 Å². The smallest absolute Gasteiger partial charge is 0.415 e. The third-order valence-corrected chi connectivity index (χ3v) is 7.13. The highest BCUT2D eigenvalue weighted by atomic mass is 35.5. The first kappa shape index (κ1) is 28.5. The first-order valence-electron chi connectivity index (χ1n) is 13.0. The second-order valence-electron chi connectivity index (χ2n) is 10.9. The maximum Gasteiger partial charge on any atom is 0.415 e. The number of piperidine rings is 1. The highest BCUT2D eigenvalue weighted by Crippen LogP contribution is 2.42. The Morgan fingerprint density at radius 2 is 1.87 bits per heavy atom. The van der Waals surface area contributed by atoms with Crippen molar-refractivity contribution in [1.82, 2.24) is 4.90 Å². The number of halogens is 2. The number of nitriles is 1. The number of carbonyl (C=O) groups excluding carboxylic acids is 2. The van der Waals surface area contributed by atoms with Crippen LogP contribution in [0.2, 0.25) is 5.02 Å². The molecule has 2 aliphatic heterocycles. The monoisotopic (exact) mass is 557 g/mol. The van der Waals surface area contributed by atoms with E-state index in [4.69, 9.17) is 25.8 Å². The standard InChI is InChI=1S/C29H33ClFN3O5/c1-5-37-23-15-24-22(14-21(23)30)34(27(36)39-28(2,3)4)17-25(38-24)26(35)33-12-10-29(18-32,11-13-33)16-19-6-8-20(31)9-7-19/h6-9,14-15,25H,5,10-13,16-17H2,1-4H3. The summed E-state index contributed by atoms with van der Waals surface area (Å²) in [6.07, 6.45) is -0.183. The van der Waals surface area contributed by atoms with Gasteiger partial charge in [-0.25, -0.2) is 9.18 Å². The normalized spacial score (nSPS) is 18.4. The predicted molar refractivity (Wildman–Crippen MR) is 145 cm³/mol. The summed E-state index contributed by atoms with van der Waals surface area (Å²) < 4.78 is 30.6. The van der Waals surface area contributed by atoms with Crippen molar-refractivity contribution in [3.8, 4) is 17.6 Å². The van der Waals surface area contributed by atoms with Crippen molar-refractivity contribution < 1.29 is 28.2 Å². The Hall–Kier alpha value is -3.51. The van der Waals surface area contributed by atoms with Crippen molar-refractivity contribution in [2.45, 2.75) is 58.7 Å². The van der Waals surface area contributed by atoms with Crippen molar-refractivity contribution in [3.05, 3.63) is 52.8 Å². The molecule has 0 bridgehead atoms. The molecule has 0 saturated carbocycles. The molecule has 0 spiro atoms. The minimum Gasteiger partial charge on any atom is -0.492 e. The molecule has 1 unspecified atom stereocenters. The van der Waals surface area contributed by atoms with Gasteiger partial charge in [-0.1, -0.05) is 23.7 Å². The van der Waals surface area contributed by atoms with Crippen molar-refractivity contribution in [2.75, 3.05) is 31.1 Å². The first-order valence-corrected chi connectivity index (χ1v) is 13.4. The van der Waals surface area contributed by atoms with Crippen LogP contribution in [0.4, 0.5) is 14.9 Å². The Bertz CT molecular complexity index is 1260. The lowest BCUT2D eigenvalue weighted by Gasteiger charge is -2.41. The molecule has 2 aliphatic rings. The number of likely N-dealkylation sites (tertiary alicyclic amines) is 1. The minimum atomic E-state index is -0.979. The van der Waals surface area contributed by atoms with Gasteiger partial charge in [-0.3, -0.25) is 9.69 Å². The average molecular weight is 558 g/mol. The number of hydrogen-bond donors (Lipinski definition) is 0. The van der Waals surface area contributed by atoms with Gasteiger partial charge in [0, 0.05) is 19.2 Å². The highest BCUT2D eigenvalue weighted by Gasteiger charge is 2.42. The van der Waals surface area contributed by atoms with Crippen LogP contribution in [0.1, 0.15) is 46.1 Å². The summed E-state index contributed by atoms with van der Waals surface area (Å²) in [5.41, 5.74) is -0.132. The predicted octanol–water partition coefficient (Wildman–Crippen LogP) is 5.76. The van der Waals surface area contributed by atoms with Crippen molar-refractivity contribution in [3.63, 3.8) is 0 Å². The molecule has 39 heavy (non-hydrogen) atoms. The molecule has 0 N–H and O–H groups in total. The van der Waals surface area contributed by atoms with E-state index in [9.17, 15) is 19.2 Å². The van der Waals surface area contributed by atoms with Crippen molar-refractivity contribution >= 4 is 29.3 Å². The SMILES string of the molecule is CCOc1cc2c(cc1Cl)N(C(=O)OC(C)(C)C)CC(C(=O)N1CCC(C#N)(Cc3ccc(F)cc3)CC1)O2. The molecule has 208 valence electrons. The lowest BCUT2D eigenvalue weighted by molar-refractivity contribution is -0.140. The Morgan fingerprint density at radius 3 is 2.46 bits per heavy atom. The third-order valence-electron chi connectivity index (χ3n) is 6.84. The highest BCUT2D eigenvalue weighted by molar-refractivity contribution is 6.32. The topological polar surface area (TPSA) is 92.1 Å². The summed E-state index contributed by atoms with van der Waals surface area (Å²) in [4.78, 5) is 29.8. The van der Waals surface area contributed by atoms with Crippen LogP contribution in [0, 0.1) is 22.6 Å². The zero-order chi connectivity index (χ0) is 28.4. The van der Waals surface area contributed by atoms with Crippen LogP contribution in [0.5, 0.6) is 11.5 Å². The van der Waals surface area contributed by atoms with Gasteiger partial charge in [0.15, 0.2) is 6.10 Å². The van der Waals surface area contributed by atoms with E-state index in [-0.39, 0.29) is 24.0 Å². The Morgan fingerprint density at radius 1 is 1.21 bits per heavy atom. The van der Waals surface area contributed by atoms with Crippen molar-refractivity contribution in [2.24, 2.45) is 5.41 Å². The number of ether oxygens (including phenoxy) is 3. The largest absolute Gasteiger partial charge is 0.492 e. The Balaban J connectivity index is 1.52. The van der Waals surface area contributed by atoms with Gasteiger partial charge in [0.1, 0.15) is 22.9 Å². The molecular formula is C29H33ClFN3O5. The summed E-state index contributed by atoms with van der Waals surface area (Å²) in [5, 5.41) is 10.3. The zero-order valence-corrected chi connectivity index (χ0v) is 23.4. The lowest BCUT2D eigenvalue weighted by Crippen LogP contribution is -2.54. The van der Waals surface area contributed by atoms with E-state index in [0.717, 1.165) is 5.56 Å². The molecule has 10 heteroatoms. The maximum absolute atomic E-state index is 13.6. The zero-order valence-electron chi connectivity index (χ0n) is 22.6. The van der Waals surface area contributed by atoms with Crippen molar-refractivity contribution in [1.29, 1.82) is 5.26 Å². The van der Waals surface area contributed by atoms with Gasteiger partial charge in [-0.2, -0.15) is 5.26 Å². The summed E-state index contributed by atoms with van der Waals surface area (Å²) in [5.74, 6) is 0.0662. The number of amides is 2. The van der Waals surface area contributed by atoms with E-state index < -0.39 is 23.2 Å². The number of rotatable bonds is 5. The Labute approximate surface area is 233 Å². The van der Waals surface area contributed by atoms with Crippen LogP contribution in [0.3, 0.4) is 0 Å². The number of hydrogen-bond acceptors (Lipinski definition) is 6. The molecule has 2 aromatic carbocycles. The van der Waals surface area contributed by atoms with Crippen LogP contribution in [0.25, 0.3) is 0 Å². The van der Waals surface area contributed by atoms with Gasteiger partial charge < -0.3 is 19.1 Å². The fraction of sp³-hybridized carbons (Fsp3) is 0.483. The molecule has 1 saturated heterocycles. The lowest BCUT2D eigenvalue weighted by atomic mass is 9.75. The number of nitrogens with zero attached hydrogens (tertiary/aromatic N) is 3. The van der Waals surface area contributed by atoms with Gasteiger partial charge in [0.25, 0.3) is 5.91 Å². The minimum absolute atomic E-state index is 0.0550. The maximum atomic E-state index is 13.6. The summed E-state index contributed by atoms with van der Waals surface area (Å²) in [6.45, 7) is 8.16. The number of anilines is 1. The second kappa shape index (κ2) is 11.3. The number of benzene rings is 2. The van der Waals surface area contributed by atoms with Gasteiger partial charge in [-0.15, -0.1) is 0 Å². The fourth-order valence-corrected chi connectivity index (χ4v) is 5.06. The third kappa shape index (κ3) is 6.56. The van der Waals surface area contributed by atoms with Crippen LogP contribution >= 0.6 is 11.6 Å². The summed E-state index contributed by atoms with van der Waals surface area (Å²) in [7, 11) is 0. The molecule has 1 fully saturated rings. The molecule has 0 aliphatic carbocycles. The molecule has 2 heterocycles. The molecule has 2 amide bonds. The van der Waals surface area contributed by atoms with Gasteiger partial charge >= 0.3 is 6.09 Å². The molecular weight excluding hydrogens is 525 g/mol. The van der Waals surface area contributed by atoms with E-state index in [2.05, 4.69) is 6.07 Å². The van der Waals surface area contributed by atoms with E-state index >= 15 is 0 Å². The average Bonchev–Trinajstić information content (AvgIpc) is 2.89. The molecule has 2 aromatic rings. The molecule has 1 atom stereocenters. The van der Waals surface area contributed by atoms with Crippen LogP contribution < -0.4 is 14.4 Å². The first-order chi connectivity index (χ1) is 18.4. The van der Waals surface area contributed by atoms with Crippen LogP contribution in [-0.2, 0) is 16.0 Å². The Kier molecular flexibility index (Phi) is 8.26. The molecule has 4 rings (SSSR count). The second-order valence-corrected chi connectivity index (χ2v) is 11.3. The van der Waals surface area contributed by atoms with E-state index in [1.807, 2.05) is 6.92 Å².